The van der Waals surface area contributed by atoms with Gasteiger partial charge in [0.1, 0.15) is 0 Å². The summed E-state index contributed by atoms with van der Waals surface area (Å²) in [5.74, 6) is 0.391. The summed E-state index contributed by atoms with van der Waals surface area (Å²) in [5.41, 5.74) is 0. The minimum Gasteiger partial charge on any atom is -0.353 e. The number of nitrogens with zero attached hydrogens (tertiary/aromatic N) is 1. The van der Waals surface area contributed by atoms with Gasteiger partial charge in [0.25, 0.3) is 0 Å². The van der Waals surface area contributed by atoms with E-state index in [2.05, 4.69) is 21.7 Å². The number of amides is 1. The SMILES string of the molecule is CN(C)C(CNC(=O)CSc1ccccc1Cl)c1cccs1. The molecular formula is C16H19ClN2OS2. The first-order chi connectivity index (χ1) is 10.6. The molecule has 3 nitrogen and oxygen atoms in total. The molecule has 1 amide bonds. The Bertz CT molecular complexity index is 602. The van der Waals surface area contributed by atoms with Crippen LogP contribution in [0.5, 0.6) is 0 Å². The maximum atomic E-state index is 12.0. The first-order valence-corrected chi connectivity index (χ1v) is 9.16. The molecule has 0 saturated heterocycles. The lowest BCUT2D eigenvalue weighted by molar-refractivity contribution is -0.118. The third-order valence-corrected chi connectivity index (χ3v) is 5.67. The van der Waals surface area contributed by atoms with E-state index in [9.17, 15) is 4.79 Å². The Morgan fingerprint density at radius 2 is 2.09 bits per heavy atom. The van der Waals surface area contributed by atoms with E-state index in [0.29, 0.717) is 17.3 Å². The molecule has 1 unspecified atom stereocenters. The molecule has 0 aliphatic carbocycles. The van der Waals surface area contributed by atoms with Crippen molar-refractivity contribution in [2.75, 3.05) is 26.4 Å². The first kappa shape index (κ1) is 17.3. The first-order valence-electron chi connectivity index (χ1n) is 6.92. The molecule has 6 heteroatoms. The van der Waals surface area contributed by atoms with Gasteiger partial charge in [0.05, 0.1) is 16.8 Å². The Kier molecular flexibility index (Phi) is 6.76. The number of benzene rings is 1. The minimum absolute atomic E-state index is 0.0216. The average molecular weight is 355 g/mol. The van der Waals surface area contributed by atoms with E-state index in [1.165, 1.54) is 16.6 Å². The van der Waals surface area contributed by atoms with Crippen molar-refractivity contribution in [2.24, 2.45) is 0 Å². The maximum absolute atomic E-state index is 12.0. The van der Waals surface area contributed by atoms with E-state index < -0.39 is 0 Å². The molecule has 2 aromatic rings. The maximum Gasteiger partial charge on any atom is 0.230 e. The second-order valence-electron chi connectivity index (χ2n) is 5.02. The smallest absolute Gasteiger partial charge is 0.230 e. The molecular weight excluding hydrogens is 336 g/mol. The standard InChI is InChI=1S/C16H19ClN2OS2/c1-19(2)13(15-8-5-9-21-15)10-18-16(20)11-22-14-7-4-3-6-12(14)17/h3-9,13H,10-11H2,1-2H3,(H,18,20). The Morgan fingerprint density at radius 1 is 1.32 bits per heavy atom. The molecule has 1 heterocycles. The highest BCUT2D eigenvalue weighted by molar-refractivity contribution is 8.00. The van der Waals surface area contributed by atoms with Gasteiger partial charge < -0.3 is 10.2 Å². The molecule has 22 heavy (non-hydrogen) atoms. The Morgan fingerprint density at radius 3 is 2.73 bits per heavy atom. The van der Waals surface area contributed by atoms with Crippen molar-refractivity contribution in [3.05, 3.63) is 51.7 Å². The summed E-state index contributed by atoms with van der Waals surface area (Å²) >= 11 is 9.25. The van der Waals surface area contributed by atoms with Crippen molar-refractivity contribution in [3.63, 3.8) is 0 Å². The van der Waals surface area contributed by atoms with E-state index in [0.717, 1.165) is 4.90 Å². The van der Waals surface area contributed by atoms with Gasteiger partial charge in [0.15, 0.2) is 0 Å². The van der Waals surface area contributed by atoms with Crippen LogP contribution < -0.4 is 5.32 Å². The number of nitrogens with one attached hydrogen (secondary N) is 1. The lowest BCUT2D eigenvalue weighted by Gasteiger charge is -2.23. The summed E-state index contributed by atoms with van der Waals surface area (Å²) in [6.45, 7) is 0.607. The van der Waals surface area contributed by atoms with Gasteiger partial charge in [0, 0.05) is 16.3 Å². The molecule has 0 aliphatic heterocycles. The fourth-order valence-electron chi connectivity index (χ4n) is 1.99. The normalized spacial score (nSPS) is 12.4. The molecule has 2 rings (SSSR count). The Balaban J connectivity index is 1.83. The molecule has 0 aliphatic rings. The number of halogens is 1. The topological polar surface area (TPSA) is 32.3 Å². The zero-order valence-corrected chi connectivity index (χ0v) is 15.0. The number of hydrogen-bond donors (Lipinski definition) is 1. The van der Waals surface area contributed by atoms with Gasteiger partial charge in [-0.1, -0.05) is 29.8 Å². The van der Waals surface area contributed by atoms with Gasteiger partial charge >= 0.3 is 0 Å². The number of carbonyl (C=O) groups is 1. The van der Waals surface area contributed by atoms with Crippen LogP contribution in [0.2, 0.25) is 5.02 Å². The van der Waals surface area contributed by atoms with E-state index in [1.807, 2.05) is 44.4 Å². The summed E-state index contributed by atoms with van der Waals surface area (Å²) in [5, 5.41) is 5.75. The van der Waals surface area contributed by atoms with E-state index in [4.69, 9.17) is 11.6 Å². The molecule has 118 valence electrons. The summed E-state index contributed by atoms with van der Waals surface area (Å²) in [7, 11) is 4.05. The van der Waals surface area contributed by atoms with Gasteiger partial charge in [0.2, 0.25) is 5.91 Å². The largest absolute Gasteiger partial charge is 0.353 e. The van der Waals surface area contributed by atoms with Crippen LogP contribution in [0, 0.1) is 0 Å². The van der Waals surface area contributed by atoms with Crippen LogP contribution in [0.4, 0.5) is 0 Å². The minimum atomic E-state index is 0.0216. The summed E-state index contributed by atoms with van der Waals surface area (Å²) in [6, 6.07) is 11.9. The summed E-state index contributed by atoms with van der Waals surface area (Å²) in [4.78, 5) is 16.3. The Hall–Kier alpha value is -1.01. The van der Waals surface area contributed by atoms with Crippen LogP contribution in [-0.4, -0.2) is 37.2 Å². The molecule has 1 aromatic heterocycles. The predicted octanol–water partition coefficient (Wildman–Crippen LogP) is 3.91. The number of likely N-dealkylation sites (N-methyl/N-ethyl adjacent to an activating group) is 1. The van der Waals surface area contributed by atoms with Crippen molar-refractivity contribution in [1.29, 1.82) is 0 Å². The fourth-order valence-corrected chi connectivity index (χ4v) is 3.98. The highest BCUT2D eigenvalue weighted by atomic mass is 35.5. The number of hydrogen-bond acceptors (Lipinski definition) is 4. The average Bonchev–Trinajstić information content (AvgIpc) is 3.00. The lowest BCUT2D eigenvalue weighted by Crippen LogP contribution is -2.35. The van der Waals surface area contributed by atoms with Gasteiger partial charge in [-0.15, -0.1) is 23.1 Å². The van der Waals surface area contributed by atoms with Crippen molar-refractivity contribution < 1.29 is 4.79 Å². The summed E-state index contributed by atoms with van der Waals surface area (Å²) in [6.07, 6.45) is 0. The van der Waals surface area contributed by atoms with Crippen LogP contribution in [0.1, 0.15) is 10.9 Å². The highest BCUT2D eigenvalue weighted by Gasteiger charge is 2.16. The highest BCUT2D eigenvalue weighted by Crippen LogP contribution is 2.26. The van der Waals surface area contributed by atoms with Crippen molar-refractivity contribution in [2.45, 2.75) is 10.9 Å². The van der Waals surface area contributed by atoms with Crippen LogP contribution in [0.15, 0.2) is 46.7 Å². The van der Waals surface area contributed by atoms with Crippen LogP contribution >= 0.6 is 34.7 Å². The van der Waals surface area contributed by atoms with Crippen LogP contribution in [0.25, 0.3) is 0 Å². The quantitative estimate of drug-likeness (QED) is 0.765. The van der Waals surface area contributed by atoms with Gasteiger partial charge in [-0.2, -0.15) is 0 Å². The van der Waals surface area contributed by atoms with Crippen molar-refractivity contribution >= 4 is 40.6 Å². The zero-order chi connectivity index (χ0) is 15.9. The number of thiophene rings is 1. The molecule has 1 N–H and O–H groups in total. The molecule has 0 bridgehead atoms. The third-order valence-electron chi connectivity index (χ3n) is 3.18. The number of rotatable bonds is 7. The predicted molar refractivity (Wildman–Crippen MR) is 95.9 cm³/mol. The third kappa shape index (κ3) is 5.02. The number of carbonyl (C=O) groups excluding carboxylic acids is 1. The van der Waals surface area contributed by atoms with E-state index in [1.54, 1.807) is 11.3 Å². The van der Waals surface area contributed by atoms with Gasteiger partial charge in [-0.05, 0) is 37.7 Å². The monoisotopic (exact) mass is 354 g/mol. The van der Waals surface area contributed by atoms with E-state index in [-0.39, 0.29) is 11.9 Å². The number of thioether (sulfide) groups is 1. The molecule has 0 radical (unpaired) electrons. The molecule has 0 fully saturated rings. The Labute approximate surface area is 144 Å². The molecule has 1 atom stereocenters. The van der Waals surface area contributed by atoms with Gasteiger partial charge in [-0.3, -0.25) is 4.79 Å². The van der Waals surface area contributed by atoms with Crippen LogP contribution in [0.3, 0.4) is 0 Å². The van der Waals surface area contributed by atoms with Crippen LogP contribution in [-0.2, 0) is 4.79 Å². The van der Waals surface area contributed by atoms with E-state index >= 15 is 0 Å². The molecule has 0 spiro atoms. The van der Waals surface area contributed by atoms with Crippen molar-refractivity contribution in [1.82, 2.24) is 10.2 Å². The second-order valence-corrected chi connectivity index (χ2v) is 7.42. The second kappa shape index (κ2) is 8.58. The zero-order valence-electron chi connectivity index (χ0n) is 12.6. The fraction of sp³-hybridized carbons (Fsp3) is 0.312. The molecule has 0 saturated carbocycles. The van der Waals surface area contributed by atoms with Gasteiger partial charge in [-0.25, -0.2) is 0 Å². The van der Waals surface area contributed by atoms with Crippen molar-refractivity contribution in [3.8, 4) is 0 Å². The molecule has 1 aromatic carbocycles. The lowest BCUT2D eigenvalue weighted by atomic mass is 10.2. The summed E-state index contributed by atoms with van der Waals surface area (Å²) < 4.78 is 0.